The Morgan fingerprint density at radius 1 is 0.822 bits per heavy atom. The highest BCUT2D eigenvalue weighted by molar-refractivity contribution is 7.92. The Morgan fingerprint density at radius 2 is 1.49 bits per heavy atom. The molecule has 0 bridgehead atoms. The van der Waals surface area contributed by atoms with Crippen molar-refractivity contribution in [2.75, 3.05) is 32.1 Å². The van der Waals surface area contributed by atoms with Crippen molar-refractivity contribution in [2.45, 2.75) is 23.9 Å². The minimum atomic E-state index is -4.32. The van der Waals surface area contributed by atoms with Crippen LogP contribution < -0.4 is 19.1 Å². The molecule has 236 valence electrons. The number of halogens is 2. The first kappa shape index (κ1) is 33.6. The van der Waals surface area contributed by atoms with Crippen molar-refractivity contribution < 1.29 is 27.5 Å². The number of hydrogen-bond acceptors (Lipinski definition) is 6. The molecule has 4 rings (SSSR count). The van der Waals surface area contributed by atoms with Gasteiger partial charge in [-0.25, -0.2) is 8.42 Å². The van der Waals surface area contributed by atoms with E-state index < -0.39 is 34.4 Å². The standard InChI is InChI=1S/C33H33Cl2N3O6S/c1-36-33(40)30(20-23-9-5-4-6-10-23)37(21-24-13-18-27(34)28(35)19-24)32(39)22-38(29-11-7-8-12-31(29)44-3)45(41,42)26-16-14-25(43-2)15-17-26/h4-19,30H,20-22H2,1-3H3,(H,36,40)/t30-/m1/s1. The van der Waals surface area contributed by atoms with E-state index in [-0.39, 0.29) is 34.3 Å². The topological polar surface area (TPSA) is 105 Å². The van der Waals surface area contributed by atoms with Gasteiger partial charge in [-0.15, -0.1) is 0 Å². The van der Waals surface area contributed by atoms with Crippen LogP contribution in [0.1, 0.15) is 11.1 Å². The predicted octanol–water partition coefficient (Wildman–Crippen LogP) is 5.59. The van der Waals surface area contributed by atoms with Crippen LogP contribution in [0.15, 0.2) is 102 Å². The second-order valence-electron chi connectivity index (χ2n) is 9.95. The van der Waals surface area contributed by atoms with Crippen LogP contribution in [0.25, 0.3) is 0 Å². The second-order valence-corrected chi connectivity index (χ2v) is 12.6. The Bertz CT molecular complexity index is 1740. The van der Waals surface area contributed by atoms with Gasteiger partial charge in [0.1, 0.15) is 24.1 Å². The molecule has 0 saturated heterocycles. The summed E-state index contributed by atoms with van der Waals surface area (Å²) in [6.45, 7) is -0.693. The summed E-state index contributed by atoms with van der Waals surface area (Å²) in [5.41, 5.74) is 1.56. The van der Waals surface area contributed by atoms with Crippen molar-refractivity contribution in [2.24, 2.45) is 0 Å². The Labute approximate surface area is 273 Å². The third-order valence-electron chi connectivity index (χ3n) is 7.13. The summed E-state index contributed by atoms with van der Waals surface area (Å²) < 4.78 is 40.1. The van der Waals surface area contributed by atoms with E-state index in [4.69, 9.17) is 32.7 Å². The van der Waals surface area contributed by atoms with E-state index in [0.717, 1.165) is 9.87 Å². The first-order valence-electron chi connectivity index (χ1n) is 13.9. The Kier molecular flexibility index (Phi) is 11.3. The van der Waals surface area contributed by atoms with Gasteiger partial charge in [-0.3, -0.25) is 13.9 Å². The van der Waals surface area contributed by atoms with Crippen molar-refractivity contribution in [1.29, 1.82) is 0 Å². The number of amides is 2. The summed E-state index contributed by atoms with van der Waals surface area (Å²) in [5, 5.41) is 3.26. The van der Waals surface area contributed by atoms with Gasteiger partial charge in [0.2, 0.25) is 11.8 Å². The lowest BCUT2D eigenvalue weighted by Crippen LogP contribution is -2.53. The van der Waals surface area contributed by atoms with Gasteiger partial charge in [0.15, 0.2) is 0 Å². The Hall–Kier alpha value is -4.25. The number of para-hydroxylation sites is 2. The Morgan fingerprint density at radius 3 is 2.11 bits per heavy atom. The molecular formula is C33H33Cl2N3O6S. The number of nitrogens with zero attached hydrogens (tertiary/aromatic N) is 2. The first-order chi connectivity index (χ1) is 21.6. The fourth-order valence-corrected chi connectivity index (χ4v) is 6.52. The molecule has 12 heteroatoms. The summed E-state index contributed by atoms with van der Waals surface area (Å²) >= 11 is 12.4. The van der Waals surface area contributed by atoms with E-state index in [2.05, 4.69) is 5.32 Å². The average molecular weight is 671 g/mol. The highest BCUT2D eigenvalue weighted by atomic mass is 35.5. The third kappa shape index (κ3) is 8.08. The number of rotatable bonds is 13. The van der Waals surface area contributed by atoms with Crippen molar-refractivity contribution >= 4 is 50.7 Å². The van der Waals surface area contributed by atoms with E-state index >= 15 is 0 Å². The minimum Gasteiger partial charge on any atom is -0.497 e. The number of ether oxygens (including phenoxy) is 2. The molecule has 2 amide bonds. The first-order valence-corrected chi connectivity index (χ1v) is 16.1. The van der Waals surface area contributed by atoms with Crippen LogP contribution >= 0.6 is 23.2 Å². The number of carbonyl (C=O) groups is 2. The van der Waals surface area contributed by atoms with Crippen LogP contribution in [0.3, 0.4) is 0 Å². The number of methoxy groups -OCH3 is 2. The van der Waals surface area contributed by atoms with E-state index in [1.165, 1.54) is 50.4 Å². The van der Waals surface area contributed by atoms with Crippen LogP contribution in [-0.4, -0.2) is 59.0 Å². The van der Waals surface area contributed by atoms with Crippen molar-refractivity contribution in [1.82, 2.24) is 10.2 Å². The molecule has 0 fully saturated rings. The normalized spacial score (nSPS) is 11.8. The molecule has 1 N–H and O–H groups in total. The van der Waals surface area contributed by atoms with E-state index in [0.29, 0.717) is 16.3 Å². The van der Waals surface area contributed by atoms with Crippen LogP contribution in [0.2, 0.25) is 10.0 Å². The molecule has 0 aliphatic rings. The molecule has 0 unspecified atom stereocenters. The lowest BCUT2D eigenvalue weighted by atomic mass is 10.0. The van der Waals surface area contributed by atoms with Crippen molar-refractivity contribution in [3.63, 3.8) is 0 Å². The van der Waals surface area contributed by atoms with Crippen molar-refractivity contribution in [3.05, 3.63) is 118 Å². The monoisotopic (exact) mass is 669 g/mol. The zero-order valence-corrected chi connectivity index (χ0v) is 27.3. The summed E-state index contributed by atoms with van der Waals surface area (Å²) in [4.78, 5) is 29.1. The maximum absolute atomic E-state index is 14.4. The van der Waals surface area contributed by atoms with Crippen molar-refractivity contribution in [3.8, 4) is 11.5 Å². The molecule has 0 aromatic heterocycles. The molecule has 0 aliphatic carbocycles. The number of hydrogen-bond donors (Lipinski definition) is 1. The van der Waals surface area contributed by atoms with Gasteiger partial charge in [-0.2, -0.15) is 0 Å². The number of carbonyl (C=O) groups excluding carboxylic acids is 2. The number of benzene rings is 4. The summed E-state index contributed by atoms with van der Waals surface area (Å²) in [6.07, 6.45) is 0.174. The van der Waals surface area contributed by atoms with Gasteiger partial charge in [-0.1, -0.05) is 71.7 Å². The van der Waals surface area contributed by atoms with Gasteiger partial charge < -0.3 is 19.7 Å². The zero-order chi connectivity index (χ0) is 32.6. The molecular weight excluding hydrogens is 637 g/mol. The van der Waals surface area contributed by atoms with Crippen LogP contribution in [0.5, 0.6) is 11.5 Å². The second kappa shape index (κ2) is 15.2. The third-order valence-corrected chi connectivity index (χ3v) is 9.65. The molecule has 0 spiro atoms. The summed E-state index contributed by atoms with van der Waals surface area (Å²) in [5.74, 6) is -0.343. The van der Waals surface area contributed by atoms with Gasteiger partial charge in [0.05, 0.1) is 34.8 Å². The molecule has 9 nitrogen and oxygen atoms in total. The van der Waals surface area contributed by atoms with Gasteiger partial charge in [-0.05, 0) is 59.7 Å². The number of sulfonamides is 1. The van der Waals surface area contributed by atoms with Crippen LogP contribution in [0, 0.1) is 0 Å². The Balaban J connectivity index is 1.82. The molecule has 4 aromatic rings. The predicted molar refractivity (Wildman–Crippen MR) is 176 cm³/mol. The molecule has 0 saturated carbocycles. The molecule has 4 aromatic carbocycles. The van der Waals surface area contributed by atoms with E-state index in [1.807, 2.05) is 30.3 Å². The maximum Gasteiger partial charge on any atom is 0.264 e. The van der Waals surface area contributed by atoms with Gasteiger partial charge >= 0.3 is 0 Å². The zero-order valence-electron chi connectivity index (χ0n) is 24.9. The fraction of sp³-hybridized carbons (Fsp3) is 0.212. The lowest BCUT2D eigenvalue weighted by molar-refractivity contribution is -0.139. The van der Waals surface area contributed by atoms with Crippen LogP contribution in [0.4, 0.5) is 5.69 Å². The van der Waals surface area contributed by atoms with Gasteiger partial charge in [0.25, 0.3) is 10.0 Å². The highest BCUT2D eigenvalue weighted by Crippen LogP contribution is 2.33. The number of likely N-dealkylation sites (N-methyl/N-ethyl adjacent to an activating group) is 1. The molecule has 0 aliphatic heterocycles. The molecule has 1 atom stereocenters. The molecule has 0 heterocycles. The SMILES string of the molecule is CNC(=O)[C@@H](Cc1ccccc1)N(Cc1ccc(Cl)c(Cl)c1)C(=O)CN(c1ccccc1OC)S(=O)(=O)c1ccc(OC)cc1. The quantitative estimate of drug-likeness (QED) is 0.199. The minimum absolute atomic E-state index is 0.0526. The largest absolute Gasteiger partial charge is 0.497 e. The lowest BCUT2D eigenvalue weighted by Gasteiger charge is -2.34. The van der Waals surface area contributed by atoms with E-state index in [1.54, 1.807) is 42.5 Å². The summed E-state index contributed by atoms with van der Waals surface area (Å²) in [6, 6.07) is 25.5. The van der Waals surface area contributed by atoms with Gasteiger partial charge in [0, 0.05) is 20.0 Å². The summed E-state index contributed by atoms with van der Waals surface area (Å²) in [7, 11) is 0.0487. The molecule has 0 radical (unpaired) electrons. The smallest absolute Gasteiger partial charge is 0.264 e. The maximum atomic E-state index is 14.4. The highest BCUT2D eigenvalue weighted by Gasteiger charge is 2.35. The van der Waals surface area contributed by atoms with Crippen LogP contribution in [-0.2, 0) is 32.6 Å². The molecule has 45 heavy (non-hydrogen) atoms. The number of nitrogens with one attached hydrogen (secondary N) is 1. The fourth-order valence-electron chi connectivity index (χ4n) is 4.78. The van der Waals surface area contributed by atoms with E-state index in [9.17, 15) is 18.0 Å². The average Bonchev–Trinajstić information content (AvgIpc) is 3.06. The number of anilines is 1.